The molecular weight excluding hydrogens is 331 g/mol. The molecule has 4 heteroatoms. The summed E-state index contributed by atoms with van der Waals surface area (Å²) in [6.07, 6.45) is -0.134. The Morgan fingerprint density at radius 1 is 1.35 bits per heavy atom. The topological polar surface area (TPSA) is 35.5 Å². The SMILES string of the molecule is COC(=O)[C@H]1[C@@H](I)[C@@H](C)O[C@H]1c1ccccc1. The second-order valence-electron chi connectivity index (χ2n) is 4.17. The lowest BCUT2D eigenvalue weighted by molar-refractivity contribution is -0.147. The zero-order valence-electron chi connectivity index (χ0n) is 9.80. The van der Waals surface area contributed by atoms with Gasteiger partial charge in [-0.2, -0.15) is 0 Å². The monoisotopic (exact) mass is 346 g/mol. The Labute approximate surface area is 115 Å². The van der Waals surface area contributed by atoms with E-state index in [1.165, 1.54) is 7.11 Å². The van der Waals surface area contributed by atoms with Crippen LogP contribution in [0.25, 0.3) is 0 Å². The molecule has 0 N–H and O–H groups in total. The number of carbonyl (C=O) groups is 1. The highest BCUT2D eigenvalue weighted by molar-refractivity contribution is 14.1. The molecule has 0 saturated carbocycles. The third-order valence-corrected chi connectivity index (χ3v) is 4.87. The van der Waals surface area contributed by atoms with Gasteiger partial charge in [-0.1, -0.05) is 52.9 Å². The van der Waals surface area contributed by atoms with Crippen molar-refractivity contribution in [3.8, 4) is 0 Å². The van der Waals surface area contributed by atoms with E-state index in [-0.39, 0.29) is 28.0 Å². The summed E-state index contributed by atoms with van der Waals surface area (Å²) in [5.41, 5.74) is 1.04. The molecule has 0 radical (unpaired) electrons. The third-order valence-electron chi connectivity index (χ3n) is 3.08. The van der Waals surface area contributed by atoms with Gasteiger partial charge in [0.2, 0.25) is 0 Å². The zero-order valence-corrected chi connectivity index (χ0v) is 12.0. The van der Waals surface area contributed by atoms with Crippen molar-refractivity contribution in [2.24, 2.45) is 5.92 Å². The standard InChI is InChI=1S/C13H15IO3/c1-8-11(14)10(13(15)16-2)12(17-8)9-6-4-3-5-7-9/h3-8,10-12H,1-2H3/t8-,10+,11+,12+/m1/s1. The zero-order chi connectivity index (χ0) is 12.4. The second kappa shape index (κ2) is 5.35. The van der Waals surface area contributed by atoms with Crippen molar-refractivity contribution < 1.29 is 14.3 Å². The molecule has 1 aliphatic rings. The number of esters is 1. The van der Waals surface area contributed by atoms with Gasteiger partial charge in [-0.25, -0.2) is 0 Å². The van der Waals surface area contributed by atoms with Gasteiger partial charge in [0.25, 0.3) is 0 Å². The van der Waals surface area contributed by atoms with Crippen molar-refractivity contribution in [3.05, 3.63) is 35.9 Å². The Bertz CT molecular complexity index is 393. The summed E-state index contributed by atoms with van der Waals surface area (Å²) in [7, 11) is 1.43. The van der Waals surface area contributed by atoms with Crippen LogP contribution in [0, 0.1) is 5.92 Å². The molecule has 1 aliphatic heterocycles. The highest BCUT2D eigenvalue weighted by Crippen LogP contribution is 2.42. The number of hydrogen-bond donors (Lipinski definition) is 0. The maximum Gasteiger partial charge on any atom is 0.312 e. The van der Waals surface area contributed by atoms with Gasteiger partial charge in [-0.15, -0.1) is 0 Å². The molecule has 0 unspecified atom stereocenters. The Morgan fingerprint density at radius 3 is 2.59 bits per heavy atom. The molecule has 1 aromatic rings. The molecule has 2 rings (SSSR count). The lowest BCUT2D eigenvalue weighted by Crippen LogP contribution is -2.27. The third kappa shape index (κ3) is 2.47. The Morgan fingerprint density at radius 2 is 2.00 bits per heavy atom. The van der Waals surface area contributed by atoms with Crippen LogP contribution in [0.5, 0.6) is 0 Å². The minimum Gasteiger partial charge on any atom is -0.469 e. The Kier molecular flexibility index (Phi) is 4.04. The van der Waals surface area contributed by atoms with Crippen molar-refractivity contribution >= 4 is 28.6 Å². The summed E-state index contributed by atoms with van der Waals surface area (Å²) in [6.45, 7) is 2.00. The first kappa shape index (κ1) is 12.8. The molecule has 0 aliphatic carbocycles. The van der Waals surface area contributed by atoms with Crippen LogP contribution in [0.2, 0.25) is 0 Å². The van der Waals surface area contributed by atoms with Crippen LogP contribution < -0.4 is 0 Å². The first-order valence-corrected chi connectivity index (χ1v) is 6.82. The van der Waals surface area contributed by atoms with Crippen LogP contribution in [-0.4, -0.2) is 23.1 Å². The van der Waals surface area contributed by atoms with E-state index in [1.807, 2.05) is 37.3 Å². The average molecular weight is 346 g/mol. The lowest BCUT2D eigenvalue weighted by Gasteiger charge is -2.18. The van der Waals surface area contributed by atoms with Gasteiger partial charge in [0.1, 0.15) is 5.92 Å². The second-order valence-corrected chi connectivity index (χ2v) is 5.60. The normalized spacial score (nSPS) is 32.4. The van der Waals surface area contributed by atoms with E-state index < -0.39 is 0 Å². The van der Waals surface area contributed by atoms with Gasteiger partial charge in [0.15, 0.2) is 0 Å². The van der Waals surface area contributed by atoms with E-state index in [1.54, 1.807) is 0 Å². The first-order valence-electron chi connectivity index (χ1n) is 5.57. The summed E-state index contributed by atoms with van der Waals surface area (Å²) in [5.74, 6) is -0.416. The Balaban J connectivity index is 2.30. The molecule has 92 valence electrons. The molecule has 4 atom stereocenters. The van der Waals surface area contributed by atoms with Crippen LogP contribution in [0.1, 0.15) is 18.6 Å². The molecule has 3 nitrogen and oxygen atoms in total. The smallest absolute Gasteiger partial charge is 0.312 e. The van der Waals surface area contributed by atoms with Gasteiger partial charge in [0.05, 0.1) is 23.2 Å². The van der Waals surface area contributed by atoms with Crippen LogP contribution in [-0.2, 0) is 14.3 Å². The minimum atomic E-state index is -0.224. The van der Waals surface area contributed by atoms with Gasteiger partial charge in [-0.05, 0) is 12.5 Å². The van der Waals surface area contributed by atoms with Crippen LogP contribution in [0.15, 0.2) is 30.3 Å². The fourth-order valence-electron chi connectivity index (χ4n) is 2.17. The number of halogens is 1. The largest absolute Gasteiger partial charge is 0.469 e. The maximum atomic E-state index is 11.8. The number of hydrogen-bond acceptors (Lipinski definition) is 3. The number of alkyl halides is 1. The number of rotatable bonds is 2. The van der Waals surface area contributed by atoms with Crippen molar-refractivity contribution in [2.75, 3.05) is 7.11 Å². The van der Waals surface area contributed by atoms with E-state index in [0.717, 1.165) is 5.56 Å². The number of carbonyl (C=O) groups excluding carboxylic acids is 1. The van der Waals surface area contributed by atoms with E-state index in [4.69, 9.17) is 9.47 Å². The molecule has 17 heavy (non-hydrogen) atoms. The molecule has 1 heterocycles. The predicted molar refractivity (Wildman–Crippen MR) is 73.0 cm³/mol. The number of methoxy groups -OCH3 is 1. The Hall–Kier alpha value is -0.620. The van der Waals surface area contributed by atoms with E-state index in [0.29, 0.717) is 0 Å². The molecule has 1 aromatic carbocycles. The summed E-state index contributed by atoms with van der Waals surface area (Å²) >= 11 is 2.27. The van der Waals surface area contributed by atoms with Crippen LogP contribution in [0.3, 0.4) is 0 Å². The van der Waals surface area contributed by atoms with Gasteiger partial charge in [-0.3, -0.25) is 4.79 Å². The van der Waals surface area contributed by atoms with Crippen molar-refractivity contribution in [3.63, 3.8) is 0 Å². The van der Waals surface area contributed by atoms with Crippen LogP contribution >= 0.6 is 22.6 Å². The highest BCUT2D eigenvalue weighted by Gasteiger charge is 2.46. The molecular formula is C13H15IO3. The van der Waals surface area contributed by atoms with Crippen molar-refractivity contribution in [2.45, 2.75) is 23.1 Å². The molecule has 1 fully saturated rings. The fraction of sp³-hybridized carbons (Fsp3) is 0.462. The lowest BCUT2D eigenvalue weighted by atomic mass is 9.94. The molecule has 0 bridgehead atoms. The molecule has 1 saturated heterocycles. The van der Waals surface area contributed by atoms with Gasteiger partial charge in [0, 0.05) is 0 Å². The van der Waals surface area contributed by atoms with Crippen LogP contribution in [0.4, 0.5) is 0 Å². The summed E-state index contributed by atoms with van der Waals surface area (Å²) in [6, 6.07) is 9.84. The molecule has 0 amide bonds. The maximum absolute atomic E-state index is 11.8. The molecule has 0 aromatic heterocycles. The summed E-state index contributed by atoms with van der Waals surface area (Å²) in [5, 5.41) is 0. The minimum absolute atomic E-state index is 0.0601. The van der Waals surface area contributed by atoms with Gasteiger partial charge >= 0.3 is 5.97 Å². The van der Waals surface area contributed by atoms with E-state index in [9.17, 15) is 4.79 Å². The fourth-order valence-corrected chi connectivity index (χ4v) is 3.01. The molecule has 0 spiro atoms. The summed E-state index contributed by atoms with van der Waals surface area (Å²) < 4.78 is 10.9. The highest BCUT2D eigenvalue weighted by atomic mass is 127. The average Bonchev–Trinajstić information content (AvgIpc) is 2.66. The van der Waals surface area contributed by atoms with Crippen molar-refractivity contribution in [1.82, 2.24) is 0 Å². The number of benzene rings is 1. The number of ether oxygens (including phenoxy) is 2. The first-order chi connectivity index (χ1) is 8.15. The van der Waals surface area contributed by atoms with E-state index in [2.05, 4.69) is 22.6 Å². The van der Waals surface area contributed by atoms with Crippen molar-refractivity contribution in [1.29, 1.82) is 0 Å². The predicted octanol–water partition coefficient (Wildman–Crippen LogP) is 2.74. The van der Waals surface area contributed by atoms with Gasteiger partial charge < -0.3 is 9.47 Å². The van der Waals surface area contributed by atoms with E-state index >= 15 is 0 Å². The summed E-state index contributed by atoms with van der Waals surface area (Å²) in [4.78, 5) is 11.8. The quantitative estimate of drug-likeness (QED) is 0.469.